The summed E-state index contributed by atoms with van der Waals surface area (Å²) in [4.78, 5) is 17.5. The van der Waals surface area contributed by atoms with E-state index in [1.54, 1.807) is 17.8 Å². The van der Waals surface area contributed by atoms with Crippen LogP contribution in [-0.2, 0) is 5.75 Å². The molecule has 0 saturated carbocycles. The molecule has 1 amide bonds. The quantitative estimate of drug-likeness (QED) is 0.557. The van der Waals surface area contributed by atoms with Crippen molar-refractivity contribution in [2.45, 2.75) is 10.6 Å². The van der Waals surface area contributed by atoms with Gasteiger partial charge in [-0.1, -0.05) is 12.1 Å². The van der Waals surface area contributed by atoms with Crippen molar-refractivity contribution in [2.75, 3.05) is 6.54 Å². The van der Waals surface area contributed by atoms with E-state index in [9.17, 15) is 4.79 Å². The van der Waals surface area contributed by atoms with Crippen molar-refractivity contribution in [1.82, 2.24) is 14.7 Å². The molecule has 5 heteroatoms. The maximum absolute atomic E-state index is 11.8. The molecule has 0 aliphatic rings. The molecular formula is C18H17N3OS. The second-order valence-electron chi connectivity index (χ2n) is 5.01. The van der Waals surface area contributed by atoms with Gasteiger partial charge >= 0.3 is 0 Å². The van der Waals surface area contributed by atoms with Crippen LogP contribution in [0.2, 0.25) is 0 Å². The maximum atomic E-state index is 11.8. The van der Waals surface area contributed by atoms with Crippen molar-refractivity contribution in [3.05, 3.63) is 78.8 Å². The SMILES string of the molecule is C=CCNC(=O)c1ccc(SCc2cn3ccccc3n2)cc1. The first-order chi connectivity index (χ1) is 11.3. The van der Waals surface area contributed by atoms with Gasteiger partial charge in [-0.2, -0.15) is 0 Å². The van der Waals surface area contributed by atoms with E-state index in [0.29, 0.717) is 12.1 Å². The Morgan fingerprint density at radius 1 is 1.26 bits per heavy atom. The number of imidazole rings is 1. The van der Waals surface area contributed by atoms with Crippen LogP contribution in [0.15, 0.2) is 72.4 Å². The topological polar surface area (TPSA) is 46.4 Å². The molecule has 0 saturated heterocycles. The summed E-state index contributed by atoms with van der Waals surface area (Å²) in [5.74, 6) is 0.714. The fraction of sp³-hybridized carbons (Fsp3) is 0.111. The van der Waals surface area contributed by atoms with Crippen molar-refractivity contribution >= 4 is 23.3 Å². The number of fused-ring (bicyclic) bond motifs is 1. The van der Waals surface area contributed by atoms with Gasteiger partial charge in [0.05, 0.1) is 5.69 Å². The van der Waals surface area contributed by atoms with Gasteiger partial charge in [-0.3, -0.25) is 4.79 Å². The molecule has 0 radical (unpaired) electrons. The summed E-state index contributed by atoms with van der Waals surface area (Å²) < 4.78 is 2.02. The summed E-state index contributed by atoms with van der Waals surface area (Å²) in [6, 6.07) is 13.6. The minimum Gasteiger partial charge on any atom is -0.349 e. The largest absolute Gasteiger partial charge is 0.349 e. The van der Waals surface area contributed by atoms with Gasteiger partial charge in [0.25, 0.3) is 5.91 Å². The van der Waals surface area contributed by atoms with Crippen LogP contribution in [0.4, 0.5) is 0 Å². The van der Waals surface area contributed by atoms with Crippen LogP contribution in [0.5, 0.6) is 0 Å². The average molecular weight is 323 g/mol. The number of hydrogen-bond donors (Lipinski definition) is 1. The van der Waals surface area contributed by atoms with Gasteiger partial charge in [0, 0.05) is 35.2 Å². The first kappa shape index (κ1) is 15.4. The van der Waals surface area contributed by atoms with Crippen molar-refractivity contribution in [2.24, 2.45) is 0 Å². The highest BCUT2D eigenvalue weighted by Crippen LogP contribution is 2.23. The summed E-state index contributed by atoms with van der Waals surface area (Å²) in [7, 11) is 0. The van der Waals surface area contributed by atoms with Crippen LogP contribution >= 0.6 is 11.8 Å². The molecule has 116 valence electrons. The highest BCUT2D eigenvalue weighted by Gasteiger charge is 2.05. The molecule has 0 aliphatic heterocycles. The number of rotatable bonds is 6. The van der Waals surface area contributed by atoms with Gasteiger partial charge in [0.2, 0.25) is 0 Å². The van der Waals surface area contributed by atoms with E-state index >= 15 is 0 Å². The molecule has 23 heavy (non-hydrogen) atoms. The van der Waals surface area contributed by atoms with Crippen molar-refractivity contribution in [3.63, 3.8) is 0 Å². The summed E-state index contributed by atoms with van der Waals surface area (Å²) in [6.45, 7) is 4.06. The number of benzene rings is 1. The molecule has 3 rings (SSSR count). The summed E-state index contributed by atoms with van der Waals surface area (Å²) >= 11 is 1.70. The Labute approximate surface area is 139 Å². The number of hydrogen-bond acceptors (Lipinski definition) is 3. The summed E-state index contributed by atoms with van der Waals surface area (Å²) in [6.07, 6.45) is 5.70. The lowest BCUT2D eigenvalue weighted by atomic mass is 10.2. The number of carbonyl (C=O) groups excluding carboxylic acids is 1. The lowest BCUT2D eigenvalue weighted by molar-refractivity contribution is 0.0958. The Bertz CT molecular complexity index is 791. The van der Waals surface area contributed by atoms with Crippen LogP contribution in [-0.4, -0.2) is 21.8 Å². The molecule has 1 aromatic carbocycles. The van der Waals surface area contributed by atoms with E-state index in [-0.39, 0.29) is 5.91 Å². The second kappa shape index (κ2) is 7.15. The maximum Gasteiger partial charge on any atom is 0.251 e. The molecule has 2 aromatic heterocycles. The Morgan fingerprint density at radius 3 is 2.83 bits per heavy atom. The molecule has 0 aliphatic carbocycles. The molecule has 0 bridgehead atoms. The molecule has 0 spiro atoms. The highest BCUT2D eigenvalue weighted by molar-refractivity contribution is 7.98. The van der Waals surface area contributed by atoms with Crippen molar-refractivity contribution < 1.29 is 4.79 Å². The molecule has 2 heterocycles. The van der Waals surface area contributed by atoms with Gasteiger partial charge in [0.1, 0.15) is 5.65 Å². The van der Waals surface area contributed by atoms with Crippen LogP contribution in [0.25, 0.3) is 5.65 Å². The zero-order valence-corrected chi connectivity index (χ0v) is 13.4. The summed E-state index contributed by atoms with van der Waals surface area (Å²) in [5, 5.41) is 2.76. The van der Waals surface area contributed by atoms with Crippen LogP contribution in [0.1, 0.15) is 16.1 Å². The fourth-order valence-electron chi connectivity index (χ4n) is 2.18. The van der Waals surface area contributed by atoms with E-state index in [1.807, 2.05) is 59.3 Å². The Morgan fingerprint density at radius 2 is 2.09 bits per heavy atom. The minimum absolute atomic E-state index is 0.0817. The Balaban J connectivity index is 1.62. The van der Waals surface area contributed by atoms with E-state index in [4.69, 9.17) is 0 Å². The van der Waals surface area contributed by atoms with Gasteiger partial charge in [-0.05, 0) is 36.4 Å². The normalized spacial score (nSPS) is 10.6. The molecule has 0 fully saturated rings. The molecule has 0 unspecified atom stereocenters. The second-order valence-corrected chi connectivity index (χ2v) is 6.06. The van der Waals surface area contributed by atoms with E-state index in [0.717, 1.165) is 22.0 Å². The smallest absolute Gasteiger partial charge is 0.251 e. The molecule has 1 N–H and O–H groups in total. The van der Waals surface area contributed by atoms with Crippen LogP contribution < -0.4 is 5.32 Å². The van der Waals surface area contributed by atoms with Gasteiger partial charge < -0.3 is 9.72 Å². The lowest BCUT2D eigenvalue weighted by Crippen LogP contribution is -2.22. The number of carbonyl (C=O) groups is 1. The fourth-order valence-corrected chi connectivity index (χ4v) is 2.97. The molecule has 3 aromatic rings. The number of nitrogens with one attached hydrogen (secondary N) is 1. The van der Waals surface area contributed by atoms with Gasteiger partial charge in [0.15, 0.2) is 0 Å². The number of thioether (sulfide) groups is 1. The zero-order chi connectivity index (χ0) is 16.1. The van der Waals surface area contributed by atoms with Gasteiger partial charge in [-0.25, -0.2) is 4.98 Å². The third-order valence-electron chi connectivity index (χ3n) is 3.32. The predicted molar refractivity (Wildman–Crippen MR) is 93.7 cm³/mol. The standard InChI is InChI=1S/C18H17N3OS/c1-2-10-19-18(22)14-6-8-16(9-7-14)23-13-15-12-21-11-4-3-5-17(21)20-15/h2-9,11-12H,1,10,13H2,(H,19,22). The monoisotopic (exact) mass is 323 g/mol. The zero-order valence-electron chi connectivity index (χ0n) is 12.6. The third kappa shape index (κ3) is 3.81. The van der Waals surface area contributed by atoms with Crippen molar-refractivity contribution in [3.8, 4) is 0 Å². The Kier molecular flexibility index (Phi) is 4.78. The number of nitrogens with zero attached hydrogens (tertiary/aromatic N) is 2. The highest BCUT2D eigenvalue weighted by atomic mass is 32.2. The van der Waals surface area contributed by atoms with Crippen molar-refractivity contribution in [1.29, 1.82) is 0 Å². The average Bonchev–Trinajstić information content (AvgIpc) is 3.01. The lowest BCUT2D eigenvalue weighted by Gasteiger charge is -2.04. The van der Waals surface area contributed by atoms with Gasteiger partial charge in [-0.15, -0.1) is 18.3 Å². The van der Waals surface area contributed by atoms with E-state index < -0.39 is 0 Å². The van der Waals surface area contributed by atoms with E-state index in [1.165, 1.54) is 0 Å². The number of aromatic nitrogens is 2. The first-order valence-corrected chi connectivity index (χ1v) is 8.29. The first-order valence-electron chi connectivity index (χ1n) is 7.31. The Hall–Kier alpha value is -2.53. The molecule has 0 atom stereocenters. The molecular weight excluding hydrogens is 306 g/mol. The minimum atomic E-state index is -0.0817. The third-order valence-corrected chi connectivity index (χ3v) is 4.37. The van der Waals surface area contributed by atoms with Crippen LogP contribution in [0, 0.1) is 0 Å². The molecule has 4 nitrogen and oxygen atoms in total. The number of amides is 1. The predicted octanol–water partition coefficient (Wildman–Crippen LogP) is 3.54. The van der Waals surface area contributed by atoms with E-state index in [2.05, 4.69) is 16.9 Å². The summed E-state index contributed by atoms with van der Waals surface area (Å²) in [5.41, 5.74) is 2.65. The number of pyridine rings is 1. The van der Waals surface area contributed by atoms with Crippen LogP contribution in [0.3, 0.4) is 0 Å².